The zero-order valence-corrected chi connectivity index (χ0v) is 50.4. The fraction of sp³-hybridized carbons (Fsp3) is 0.783. The van der Waals surface area contributed by atoms with Crippen molar-refractivity contribution in [2.24, 2.45) is 0 Å². The van der Waals surface area contributed by atoms with Crippen LogP contribution in [-0.4, -0.2) is 158 Å². The third kappa shape index (κ3) is 24.3. The standard InChI is InChI=1S/C23H34F6N2O8S2.C15H23F3N2O5S.C8H13F3O4S/c1-19(2,14-38-18(33)21(5,6)41(36,37)12-8-10-23(27,28)29)15-13-16(39-31-15)30-17(32)20(3,4)40(34,35)11-7-9-22(24,25)26;1-13(2,9-21)10-8-11(25-20-10)19-12(22)14(3,4)26(23,24)7-5-6-15(16,17)18;1-7(2,6(12)13)16(14,15)5-3-4-8(9,10)11/h13H,7-12,14H2,1-6H3,(H,30,32);8,21H,5-7,9H2,1-4H3,(H,19,22);3-5H2,1-2H3,(H,12,13). The maximum Gasteiger partial charge on any atom is 0.389 e. The number of aromatic nitrogens is 2. The molecule has 0 aliphatic rings. The smallest absolute Gasteiger partial charge is 0.389 e. The number of anilines is 2. The number of amides is 2. The zero-order chi connectivity index (χ0) is 65.9. The molecule has 0 radical (unpaired) electrons. The number of rotatable bonds is 27. The third-order valence-corrected chi connectivity index (χ3v) is 22.8. The lowest BCUT2D eigenvalue weighted by molar-refractivity contribution is -0.147. The number of nitrogens with one attached hydrogen (secondary N) is 2. The number of carbonyl (C=O) groups excluding carboxylic acids is 3. The largest absolute Gasteiger partial charge is 0.480 e. The number of nitrogens with zero attached hydrogens (tertiary/aromatic N) is 2. The van der Waals surface area contributed by atoms with Gasteiger partial charge in [-0.1, -0.05) is 38.0 Å². The number of aliphatic hydroxyl groups is 1. The second kappa shape index (κ2) is 28.2. The summed E-state index contributed by atoms with van der Waals surface area (Å²) in [5.41, 5.74) is -1.46. The van der Waals surface area contributed by atoms with Gasteiger partial charge in [-0.25, -0.2) is 33.7 Å². The van der Waals surface area contributed by atoms with Gasteiger partial charge in [-0.2, -0.15) is 52.7 Å². The van der Waals surface area contributed by atoms with Gasteiger partial charge in [0.25, 0.3) is 0 Å². The predicted octanol–water partition coefficient (Wildman–Crippen LogP) is 8.53. The molecule has 0 aromatic carbocycles. The van der Waals surface area contributed by atoms with E-state index in [0.717, 1.165) is 55.4 Å². The van der Waals surface area contributed by atoms with Gasteiger partial charge in [-0.05, 0) is 81.1 Å². The second-order valence-corrected chi connectivity index (χ2v) is 32.7. The van der Waals surface area contributed by atoms with Crippen LogP contribution in [0, 0.1) is 0 Å². The number of carboxylic acid groups (broad SMARTS) is 1. The van der Waals surface area contributed by atoms with Crippen molar-refractivity contribution in [2.45, 2.75) is 189 Å². The predicted molar refractivity (Wildman–Crippen MR) is 275 cm³/mol. The van der Waals surface area contributed by atoms with E-state index >= 15 is 0 Å². The summed E-state index contributed by atoms with van der Waals surface area (Å²) in [7, 11) is -16.9. The van der Waals surface area contributed by atoms with E-state index in [1.807, 2.05) is 0 Å². The van der Waals surface area contributed by atoms with Crippen molar-refractivity contribution in [1.29, 1.82) is 0 Å². The highest BCUT2D eigenvalue weighted by atomic mass is 32.2. The van der Waals surface area contributed by atoms with Crippen LogP contribution in [0.1, 0.15) is 146 Å². The maximum atomic E-state index is 12.7. The molecule has 2 aromatic heterocycles. The monoisotopic (exact) mass is 1310 g/mol. The van der Waals surface area contributed by atoms with Crippen LogP contribution in [0.3, 0.4) is 0 Å². The minimum atomic E-state index is -4.56. The van der Waals surface area contributed by atoms with Crippen molar-refractivity contribution in [3.05, 3.63) is 23.5 Å². The first kappa shape index (κ1) is 78.2. The summed E-state index contributed by atoms with van der Waals surface area (Å²) in [6, 6.07) is 2.53. The Morgan fingerprint density at radius 2 is 0.735 bits per heavy atom. The number of carboxylic acids is 1. The van der Waals surface area contributed by atoms with Gasteiger partial charge in [-0.3, -0.25) is 29.8 Å². The third-order valence-electron chi connectivity index (χ3n) is 12.5. The molecule has 0 saturated heterocycles. The summed E-state index contributed by atoms with van der Waals surface area (Å²) >= 11 is 0. The fourth-order valence-corrected chi connectivity index (χ4v) is 11.2. The molecule has 0 spiro atoms. The first-order chi connectivity index (χ1) is 36.7. The molecule has 0 saturated carbocycles. The van der Waals surface area contributed by atoms with Crippen molar-refractivity contribution in [3.8, 4) is 0 Å². The summed E-state index contributed by atoms with van der Waals surface area (Å²) < 4.78 is 250. The lowest BCUT2D eigenvalue weighted by Gasteiger charge is -2.27. The number of esters is 1. The van der Waals surface area contributed by atoms with E-state index in [1.54, 1.807) is 13.8 Å². The van der Waals surface area contributed by atoms with Crippen molar-refractivity contribution >= 4 is 74.9 Å². The Labute approximate surface area is 472 Å². The molecular formula is C46H70F12N4O17S4. The van der Waals surface area contributed by atoms with Gasteiger partial charge in [0.05, 0.1) is 41.0 Å². The van der Waals surface area contributed by atoms with E-state index in [1.165, 1.54) is 26.0 Å². The molecule has 0 atom stereocenters. The molecule has 21 nitrogen and oxygen atoms in total. The molecule has 2 amide bonds. The van der Waals surface area contributed by atoms with E-state index in [-0.39, 0.29) is 24.1 Å². The van der Waals surface area contributed by atoms with Gasteiger partial charge in [-0.15, -0.1) is 0 Å². The van der Waals surface area contributed by atoms with Crippen molar-refractivity contribution in [2.75, 3.05) is 46.9 Å². The molecule has 0 aliphatic carbocycles. The molecule has 37 heteroatoms. The maximum absolute atomic E-state index is 12.7. The van der Waals surface area contributed by atoms with Gasteiger partial charge in [0.1, 0.15) is 16.1 Å². The fourth-order valence-electron chi connectivity index (χ4n) is 5.82. The van der Waals surface area contributed by atoms with Gasteiger partial charge in [0.15, 0.2) is 48.8 Å². The number of carbonyl (C=O) groups is 4. The number of halogens is 12. The minimum Gasteiger partial charge on any atom is -0.480 e. The number of ether oxygens (including phenoxy) is 1. The lowest BCUT2D eigenvalue weighted by Crippen LogP contribution is -2.45. The Bertz CT molecular complexity index is 2980. The quantitative estimate of drug-likeness (QED) is 0.0481. The van der Waals surface area contributed by atoms with Crippen LogP contribution >= 0.6 is 0 Å². The van der Waals surface area contributed by atoms with Gasteiger partial charge in [0.2, 0.25) is 23.6 Å². The number of sulfone groups is 4. The summed E-state index contributed by atoms with van der Waals surface area (Å²) in [6.45, 7) is 13.9. The molecule has 0 unspecified atom stereocenters. The SMILES string of the molecule is CC(C)(C(=O)O)S(=O)(=O)CCCC(F)(F)F.CC(C)(CO)c1cc(NC(=O)C(C)(C)S(=O)(=O)CCCC(F)(F)F)on1.CC(C)(COC(=O)C(C)(C)S(=O)(=O)CCCC(F)(F)F)c1cc(NC(=O)C(C)(C)S(=O)(=O)CCCC(F)(F)F)on1. The minimum absolute atomic E-state index is 0.0808. The second-order valence-electron chi connectivity index (χ2n) is 22.1. The van der Waals surface area contributed by atoms with Gasteiger partial charge >= 0.3 is 36.6 Å². The molecule has 4 N–H and O–H groups in total. The van der Waals surface area contributed by atoms with Crippen molar-refractivity contribution in [1.82, 2.24) is 10.3 Å². The van der Waals surface area contributed by atoms with Crippen LogP contribution in [0.5, 0.6) is 0 Å². The van der Waals surface area contributed by atoms with Gasteiger partial charge in [0, 0.05) is 48.6 Å². The average Bonchev–Trinajstić information content (AvgIpc) is 3.97. The number of hydrogen-bond donors (Lipinski definition) is 4. The van der Waals surface area contributed by atoms with E-state index in [0.29, 0.717) is 5.69 Å². The summed E-state index contributed by atoms with van der Waals surface area (Å²) in [5.74, 6) is -8.62. The van der Waals surface area contributed by atoms with Crippen LogP contribution in [0.4, 0.5) is 64.5 Å². The molecule has 0 bridgehead atoms. The normalized spacial score (nSPS) is 13.9. The molecule has 2 aromatic rings. The highest BCUT2D eigenvalue weighted by Crippen LogP contribution is 2.33. The van der Waals surface area contributed by atoms with Gasteiger partial charge < -0.3 is 24.0 Å². The number of hydrogen-bond acceptors (Lipinski definition) is 18. The average molecular weight is 1310 g/mol. The summed E-state index contributed by atoms with van der Waals surface area (Å²) in [4.78, 5) is 48.2. The van der Waals surface area contributed by atoms with Crippen molar-refractivity contribution in [3.63, 3.8) is 0 Å². The van der Waals surface area contributed by atoms with Crippen LogP contribution in [0.2, 0.25) is 0 Å². The Morgan fingerprint density at radius 1 is 0.470 bits per heavy atom. The van der Waals surface area contributed by atoms with E-state index in [4.69, 9.17) is 18.9 Å². The first-order valence-corrected chi connectivity index (χ1v) is 31.0. The van der Waals surface area contributed by atoms with Crippen molar-refractivity contribution < 1.29 is 130 Å². The number of alkyl halides is 12. The topological polar surface area (TPSA) is 331 Å². The molecule has 2 heterocycles. The Hall–Kier alpha value is -4.78. The number of aliphatic hydroxyl groups excluding tert-OH is 1. The first-order valence-electron chi connectivity index (χ1n) is 24.4. The molecule has 484 valence electrons. The van der Waals surface area contributed by atoms with Crippen LogP contribution < -0.4 is 10.6 Å². The van der Waals surface area contributed by atoms with Crippen LogP contribution in [0.25, 0.3) is 0 Å². The molecule has 2 rings (SSSR count). The molecular weight excluding hydrogens is 1240 g/mol. The molecule has 0 fully saturated rings. The Balaban J connectivity index is 0.00000136. The number of aliphatic carboxylic acids is 1. The summed E-state index contributed by atoms with van der Waals surface area (Å²) in [6.07, 6.45) is -25.9. The van der Waals surface area contributed by atoms with E-state index in [2.05, 4.69) is 20.9 Å². The highest BCUT2D eigenvalue weighted by Gasteiger charge is 2.47. The van der Waals surface area contributed by atoms with E-state index in [9.17, 15) is 111 Å². The molecule has 0 aliphatic heterocycles. The molecule has 83 heavy (non-hydrogen) atoms. The Kier molecular flexibility index (Phi) is 26.5. The van der Waals surface area contributed by atoms with Crippen LogP contribution in [-0.2, 0) is 74.1 Å². The lowest BCUT2D eigenvalue weighted by atomic mass is 9.90. The highest BCUT2D eigenvalue weighted by molar-refractivity contribution is 7.94. The Morgan fingerprint density at radius 3 is 1.00 bits per heavy atom. The zero-order valence-electron chi connectivity index (χ0n) is 47.1. The van der Waals surface area contributed by atoms with E-state index < -0.39 is 199 Å². The summed E-state index contributed by atoms with van der Waals surface area (Å²) in [5, 5.41) is 29.8. The van der Waals surface area contributed by atoms with Crippen LogP contribution in [0.15, 0.2) is 21.2 Å².